The summed E-state index contributed by atoms with van der Waals surface area (Å²) in [6, 6.07) is 5.99. The van der Waals surface area contributed by atoms with Crippen molar-refractivity contribution in [2.75, 3.05) is 20.8 Å². The van der Waals surface area contributed by atoms with Crippen molar-refractivity contribution in [2.24, 2.45) is 0 Å². The summed E-state index contributed by atoms with van der Waals surface area (Å²) >= 11 is 0. The number of aromatic nitrogens is 4. The van der Waals surface area contributed by atoms with E-state index in [0.717, 1.165) is 36.4 Å². The molecule has 2 aromatic heterocycles. The van der Waals surface area contributed by atoms with Crippen molar-refractivity contribution in [2.45, 2.75) is 25.4 Å². The summed E-state index contributed by atoms with van der Waals surface area (Å²) in [7, 11) is 3.31. The van der Waals surface area contributed by atoms with Gasteiger partial charge in [-0.3, -0.25) is 9.88 Å². The fraction of sp³-hybridized carbons (Fsp3) is 0.368. The van der Waals surface area contributed by atoms with Crippen molar-refractivity contribution in [3.05, 3.63) is 48.2 Å². The van der Waals surface area contributed by atoms with Crippen LogP contribution in [0.2, 0.25) is 0 Å². The number of likely N-dealkylation sites (tertiary alicyclic amines) is 1. The molecule has 0 bridgehead atoms. The van der Waals surface area contributed by atoms with Gasteiger partial charge in [-0.1, -0.05) is 12.1 Å². The lowest BCUT2D eigenvalue weighted by atomic mass is 10.1. The third-order valence-corrected chi connectivity index (χ3v) is 4.73. The Morgan fingerprint density at radius 2 is 2.11 bits per heavy atom. The van der Waals surface area contributed by atoms with Crippen LogP contribution in [-0.4, -0.2) is 45.8 Å². The van der Waals surface area contributed by atoms with Crippen molar-refractivity contribution < 1.29 is 13.9 Å². The van der Waals surface area contributed by atoms with E-state index in [2.05, 4.69) is 31.1 Å². The third-order valence-electron chi connectivity index (χ3n) is 4.73. The van der Waals surface area contributed by atoms with Gasteiger partial charge in [-0.2, -0.15) is 0 Å². The number of ether oxygens (including phenoxy) is 2. The Balaban J connectivity index is 1.56. The van der Waals surface area contributed by atoms with Crippen LogP contribution in [0.3, 0.4) is 0 Å². The zero-order valence-electron chi connectivity index (χ0n) is 15.3. The Labute approximate surface area is 157 Å². The molecule has 8 nitrogen and oxygen atoms in total. The number of benzene rings is 1. The zero-order chi connectivity index (χ0) is 18.6. The van der Waals surface area contributed by atoms with Gasteiger partial charge in [0, 0.05) is 24.5 Å². The van der Waals surface area contributed by atoms with E-state index >= 15 is 0 Å². The molecule has 3 heterocycles. The molecule has 0 spiro atoms. The molecular weight excluding hydrogens is 346 g/mol. The second kappa shape index (κ2) is 7.71. The Bertz CT molecular complexity index is 899. The fourth-order valence-electron chi connectivity index (χ4n) is 3.47. The smallest absolute Gasteiger partial charge is 0.267 e. The molecular formula is C19H21N5O3. The average molecular weight is 367 g/mol. The van der Waals surface area contributed by atoms with Crippen LogP contribution in [0, 0.1) is 0 Å². The van der Waals surface area contributed by atoms with Gasteiger partial charge in [-0.15, -0.1) is 10.2 Å². The van der Waals surface area contributed by atoms with E-state index in [4.69, 9.17) is 13.9 Å². The quantitative estimate of drug-likeness (QED) is 0.657. The van der Waals surface area contributed by atoms with Gasteiger partial charge in [0.2, 0.25) is 5.89 Å². The second-order valence-electron chi connectivity index (χ2n) is 6.32. The van der Waals surface area contributed by atoms with Crippen molar-refractivity contribution in [3.63, 3.8) is 0 Å². The van der Waals surface area contributed by atoms with E-state index < -0.39 is 0 Å². The Morgan fingerprint density at radius 1 is 1.19 bits per heavy atom. The average Bonchev–Trinajstić information content (AvgIpc) is 3.37. The second-order valence-corrected chi connectivity index (χ2v) is 6.32. The zero-order valence-corrected chi connectivity index (χ0v) is 15.3. The van der Waals surface area contributed by atoms with Gasteiger partial charge in [-0.25, -0.2) is 4.98 Å². The molecule has 8 heteroatoms. The van der Waals surface area contributed by atoms with Crippen LogP contribution < -0.4 is 9.47 Å². The van der Waals surface area contributed by atoms with Gasteiger partial charge in [0.05, 0.1) is 26.5 Å². The summed E-state index contributed by atoms with van der Waals surface area (Å²) in [5, 5.41) is 8.40. The van der Waals surface area contributed by atoms with Crippen LogP contribution >= 0.6 is 0 Å². The molecule has 1 saturated heterocycles. The lowest BCUT2D eigenvalue weighted by Gasteiger charge is -2.23. The molecule has 1 atom stereocenters. The molecule has 1 fully saturated rings. The minimum atomic E-state index is 0.0684. The monoisotopic (exact) mass is 367 g/mol. The van der Waals surface area contributed by atoms with E-state index in [0.29, 0.717) is 24.0 Å². The molecule has 4 rings (SSSR count). The molecule has 0 saturated carbocycles. The first-order valence-corrected chi connectivity index (χ1v) is 8.84. The minimum Gasteiger partial charge on any atom is -0.493 e. The van der Waals surface area contributed by atoms with E-state index in [1.165, 1.54) is 0 Å². The highest BCUT2D eigenvalue weighted by molar-refractivity contribution is 5.46. The summed E-state index contributed by atoms with van der Waals surface area (Å²) in [5.74, 6) is 2.49. The van der Waals surface area contributed by atoms with E-state index in [9.17, 15) is 0 Å². The van der Waals surface area contributed by atoms with Gasteiger partial charge in [0.25, 0.3) is 5.89 Å². The molecule has 0 aliphatic carbocycles. The lowest BCUT2D eigenvalue weighted by Crippen LogP contribution is -2.23. The molecule has 1 unspecified atom stereocenters. The van der Waals surface area contributed by atoms with Crippen molar-refractivity contribution >= 4 is 0 Å². The first-order chi connectivity index (χ1) is 13.3. The summed E-state index contributed by atoms with van der Waals surface area (Å²) in [5.41, 5.74) is 1.65. The Morgan fingerprint density at radius 3 is 2.89 bits per heavy atom. The maximum absolute atomic E-state index is 5.90. The van der Waals surface area contributed by atoms with Crippen LogP contribution in [-0.2, 0) is 6.54 Å². The van der Waals surface area contributed by atoms with Crippen molar-refractivity contribution in [1.82, 2.24) is 25.1 Å². The maximum atomic E-state index is 5.90. The van der Waals surface area contributed by atoms with Crippen LogP contribution in [0.4, 0.5) is 0 Å². The predicted octanol–water partition coefficient (Wildman–Crippen LogP) is 2.88. The maximum Gasteiger partial charge on any atom is 0.267 e. The minimum absolute atomic E-state index is 0.0684. The highest BCUT2D eigenvalue weighted by Gasteiger charge is 2.31. The molecule has 0 radical (unpaired) electrons. The lowest BCUT2D eigenvalue weighted by molar-refractivity contribution is 0.212. The standard InChI is InChI=1S/C19H21N5O3/c1-25-16-7-3-5-13(17(16)26-2)12-24-10-4-6-15(24)19-23-22-18(27-19)14-11-20-8-9-21-14/h3,5,7-9,11,15H,4,6,10,12H2,1-2H3. The highest BCUT2D eigenvalue weighted by atomic mass is 16.5. The highest BCUT2D eigenvalue weighted by Crippen LogP contribution is 2.37. The molecule has 1 aliphatic rings. The molecule has 1 aromatic carbocycles. The van der Waals surface area contributed by atoms with Crippen LogP contribution in [0.15, 0.2) is 41.2 Å². The Hall–Kier alpha value is -3.00. The number of methoxy groups -OCH3 is 2. The first-order valence-electron chi connectivity index (χ1n) is 8.84. The number of para-hydroxylation sites is 1. The van der Waals surface area contributed by atoms with E-state index in [1.807, 2.05) is 12.1 Å². The Kier molecular flexibility index (Phi) is 4.97. The first kappa shape index (κ1) is 17.4. The van der Waals surface area contributed by atoms with Gasteiger partial charge in [0.1, 0.15) is 5.69 Å². The predicted molar refractivity (Wildman–Crippen MR) is 97.3 cm³/mol. The summed E-state index contributed by atoms with van der Waals surface area (Å²) in [6.45, 7) is 1.67. The fourth-order valence-corrected chi connectivity index (χ4v) is 3.47. The molecule has 3 aromatic rings. The SMILES string of the molecule is COc1cccc(CN2CCCC2c2nnc(-c3cnccn3)o2)c1OC. The van der Waals surface area contributed by atoms with Crippen LogP contribution in [0.5, 0.6) is 11.5 Å². The number of rotatable bonds is 6. The number of nitrogens with zero attached hydrogens (tertiary/aromatic N) is 5. The van der Waals surface area contributed by atoms with Gasteiger partial charge >= 0.3 is 0 Å². The molecule has 0 amide bonds. The van der Waals surface area contributed by atoms with Crippen molar-refractivity contribution in [1.29, 1.82) is 0 Å². The van der Waals surface area contributed by atoms with Gasteiger partial charge in [-0.05, 0) is 25.5 Å². The third kappa shape index (κ3) is 3.48. The molecule has 1 aliphatic heterocycles. The largest absolute Gasteiger partial charge is 0.493 e. The van der Waals surface area contributed by atoms with Crippen LogP contribution in [0.25, 0.3) is 11.6 Å². The van der Waals surface area contributed by atoms with E-state index in [-0.39, 0.29) is 6.04 Å². The summed E-state index contributed by atoms with van der Waals surface area (Å²) in [4.78, 5) is 10.6. The topological polar surface area (TPSA) is 86.4 Å². The molecule has 140 valence electrons. The normalized spacial score (nSPS) is 17.2. The molecule has 0 N–H and O–H groups in total. The summed E-state index contributed by atoms with van der Waals surface area (Å²) < 4.78 is 16.9. The summed E-state index contributed by atoms with van der Waals surface area (Å²) in [6.07, 6.45) is 6.87. The molecule has 27 heavy (non-hydrogen) atoms. The number of hydrogen-bond donors (Lipinski definition) is 0. The van der Waals surface area contributed by atoms with Gasteiger partial charge < -0.3 is 13.9 Å². The van der Waals surface area contributed by atoms with Crippen LogP contribution in [0.1, 0.15) is 30.3 Å². The number of hydrogen-bond acceptors (Lipinski definition) is 8. The van der Waals surface area contributed by atoms with Gasteiger partial charge in [0.15, 0.2) is 11.5 Å². The van der Waals surface area contributed by atoms with Crippen molar-refractivity contribution in [3.8, 4) is 23.1 Å². The van der Waals surface area contributed by atoms with E-state index in [1.54, 1.807) is 32.8 Å².